The topological polar surface area (TPSA) is 107 Å². The molecule has 0 aliphatic heterocycles. The highest BCUT2D eigenvalue weighted by atomic mass is 32.2. The predicted octanol–water partition coefficient (Wildman–Crippen LogP) is 2.23. The molecule has 0 atom stereocenters. The Morgan fingerprint density at radius 2 is 2.03 bits per heavy atom. The van der Waals surface area contributed by atoms with E-state index in [-0.39, 0.29) is 17.2 Å². The number of H-pyrrole nitrogens is 1. The van der Waals surface area contributed by atoms with Crippen molar-refractivity contribution in [3.63, 3.8) is 0 Å². The fourth-order valence-electron chi connectivity index (χ4n) is 3.08. The molecule has 0 fully saturated rings. The minimum atomic E-state index is -0.234. The van der Waals surface area contributed by atoms with Crippen molar-refractivity contribution in [1.29, 1.82) is 0 Å². The lowest BCUT2D eigenvalue weighted by atomic mass is 10.2. The van der Waals surface area contributed by atoms with Crippen LogP contribution in [0.1, 0.15) is 26.0 Å². The molecule has 1 aromatic carbocycles. The lowest BCUT2D eigenvalue weighted by molar-refractivity contribution is 0.0743. The fraction of sp³-hybridized carbons (Fsp3) is 0.350. The van der Waals surface area contributed by atoms with Crippen molar-refractivity contribution in [3.05, 3.63) is 63.1 Å². The first-order valence-electron chi connectivity index (χ1n) is 9.69. The van der Waals surface area contributed by atoms with Gasteiger partial charge in [-0.3, -0.25) is 19.3 Å². The van der Waals surface area contributed by atoms with Crippen LogP contribution in [0.2, 0.25) is 0 Å². The van der Waals surface area contributed by atoms with E-state index < -0.39 is 0 Å². The lowest BCUT2D eigenvalue weighted by Gasteiger charge is -2.14. The van der Waals surface area contributed by atoms with Crippen LogP contribution in [-0.4, -0.2) is 41.8 Å². The van der Waals surface area contributed by atoms with Gasteiger partial charge < -0.3 is 4.74 Å². The molecule has 0 spiro atoms. The summed E-state index contributed by atoms with van der Waals surface area (Å²) in [7, 11) is 0. The van der Waals surface area contributed by atoms with Gasteiger partial charge in [0.1, 0.15) is 6.33 Å². The summed E-state index contributed by atoms with van der Waals surface area (Å²) in [5.74, 6) is 0.707. The SMILES string of the molecule is CC(C)OCCCn1c(SCc2cc(=O)n3[nH]cnc3n2)nc2ccccc2c1=O. The van der Waals surface area contributed by atoms with Gasteiger partial charge in [0.05, 0.1) is 22.7 Å². The molecular formula is C20H22N6O3S. The highest BCUT2D eigenvalue weighted by molar-refractivity contribution is 7.98. The zero-order valence-corrected chi connectivity index (χ0v) is 17.6. The average molecular weight is 427 g/mol. The molecule has 0 bridgehead atoms. The van der Waals surface area contributed by atoms with E-state index in [9.17, 15) is 9.59 Å². The number of nitrogens with zero attached hydrogens (tertiary/aromatic N) is 5. The molecule has 0 aliphatic carbocycles. The summed E-state index contributed by atoms with van der Waals surface area (Å²) in [5.41, 5.74) is 0.913. The van der Waals surface area contributed by atoms with Crippen LogP contribution in [0, 0.1) is 0 Å². The van der Waals surface area contributed by atoms with Crippen LogP contribution < -0.4 is 11.1 Å². The quantitative estimate of drug-likeness (QED) is 0.261. The molecular weight excluding hydrogens is 404 g/mol. The van der Waals surface area contributed by atoms with Gasteiger partial charge in [0, 0.05) is 25.0 Å². The van der Waals surface area contributed by atoms with Crippen LogP contribution in [0.4, 0.5) is 0 Å². The standard InChI is InChI=1S/C20H22N6O3S/c1-13(2)29-9-5-8-25-18(28)15-6-3-4-7-16(15)24-20(25)30-11-14-10-17(27)26-19(23-14)21-12-22-26/h3-4,6-7,10,12-13H,5,8-9,11H2,1-2H3,(H,21,22,23). The van der Waals surface area contributed by atoms with E-state index in [2.05, 4.69) is 15.1 Å². The van der Waals surface area contributed by atoms with Crippen LogP contribution in [0.25, 0.3) is 16.7 Å². The highest BCUT2D eigenvalue weighted by Crippen LogP contribution is 2.21. The molecule has 3 heterocycles. The fourth-order valence-corrected chi connectivity index (χ4v) is 4.00. The first-order valence-corrected chi connectivity index (χ1v) is 10.7. The van der Waals surface area contributed by atoms with Gasteiger partial charge in [0.25, 0.3) is 16.9 Å². The van der Waals surface area contributed by atoms with Crippen molar-refractivity contribution in [2.24, 2.45) is 0 Å². The molecule has 4 rings (SSSR count). The largest absolute Gasteiger partial charge is 0.379 e. The van der Waals surface area contributed by atoms with Gasteiger partial charge in [0.15, 0.2) is 5.16 Å². The van der Waals surface area contributed by atoms with Gasteiger partial charge in [-0.1, -0.05) is 23.9 Å². The highest BCUT2D eigenvalue weighted by Gasteiger charge is 2.13. The number of aromatic nitrogens is 6. The second-order valence-corrected chi connectivity index (χ2v) is 7.98. The maximum absolute atomic E-state index is 13.1. The first-order chi connectivity index (χ1) is 14.5. The molecule has 0 radical (unpaired) electrons. The molecule has 0 amide bonds. The average Bonchev–Trinajstić information content (AvgIpc) is 3.20. The summed E-state index contributed by atoms with van der Waals surface area (Å²) in [6, 6.07) is 8.76. The molecule has 0 saturated carbocycles. The summed E-state index contributed by atoms with van der Waals surface area (Å²) >= 11 is 1.38. The third-order valence-electron chi connectivity index (χ3n) is 4.47. The Hall–Kier alpha value is -2.98. The van der Waals surface area contributed by atoms with E-state index in [0.717, 1.165) is 0 Å². The van der Waals surface area contributed by atoms with Crippen LogP contribution >= 0.6 is 11.8 Å². The third-order valence-corrected chi connectivity index (χ3v) is 5.48. The minimum absolute atomic E-state index is 0.0802. The van der Waals surface area contributed by atoms with Crippen LogP contribution in [0.5, 0.6) is 0 Å². The summed E-state index contributed by atoms with van der Waals surface area (Å²) in [5, 5.41) is 3.89. The molecule has 4 aromatic rings. The molecule has 3 aromatic heterocycles. The number of nitrogens with one attached hydrogen (secondary N) is 1. The number of aromatic amines is 1. The number of hydrogen-bond acceptors (Lipinski definition) is 7. The summed E-state index contributed by atoms with van der Waals surface area (Å²) in [6.45, 7) is 5.03. The Labute approximate surface area is 176 Å². The van der Waals surface area contributed by atoms with Crippen LogP contribution in [0.15, 0.2) is 51.4 Å². The summed E-state index contributed by atoms with van der Waals surface area (Å²) in [6.07, 6.45) is 2.26. The normalized spacial score (nSPS) is 11.7. The third kappa shape index (κ3) is 4.29. The molecule has 9 nitrogen and oxygen atoms in total. The Morgan fingerprint density at radius 1 is 1.20 bits per heavy atom. The van der Waals surface area contributed by atoms with Crippen LogP contribution in [-0.2, 0) is 17.0 Å². The summed E-state index contributed by atoms with van der Waals surface area (Å²) < 4.78 is 8.56. The molecule has 0 aliphatic rings. The zero-order valence-electron chi connectivity index (χ0n) is 16.7. The number of ether oxygens (including phenoxy) is 1. The first kappa shape index (κ1) is 20.3. The Morgan fingerprint density at radius 3 is 2.87 bits per heavy atom. The number of benzene rings is 1. The molecule has 156 valence electrons. The molecule has 0 saturated heterocycles. The minimum Gasteiger partial charge on any atom is -0.379 e. The van der Waals surface area contributed by atoms with Gasteiger partial charge in [0.2, 0.25) is 0 Å². The Bertz CT molecular complexity index is 1290. The predicted molar refractivity (Wildman–Crippen MR) is 115 cm³/mol. The van der Waals surface area contributed by atoms with Crippen molar-refractivity contribution in [1.82, 2.24) is 29.1 Å². The smallest absolute Gasteiger partial charge is 0.274 e. The van der Waals surface area contributed by atoms with E-state index in [4.69, 9.17) is 9.72 Å². The molecule has 30 heavy (non-hydrogen) atoms. The lowest BCUT2D eigenvalue weighted by Crippen LogP contribution is -2.24. The van der Waals surface area contributed by atoms with Crippen LogP contribution in [0.3, 0.4) is 0 Å². The molecule has 0 unspecified atom stereocenters. The van der Waals surface area contributed by atoms with E-state index in [1.165, 1.54) is 28.7 Å². The van der Waals surface area contributed by atoms with Crippen molar-refractivity contribution >= 4 is 28.4 Å². The second-order valence-electron chi connectivity index (χ2n) is 7.04. The van der Waals surface area contributed by atoms with Gasteiger partial charge >= 0.3 is 0 Å². The number of fused-ring (bicyclic) bond motifs is 2. The number of rotatable bonds is 8. The van der Waals surface area contributed by atoms with Gasteiger partial charge in [-0.25, -0.2) is 15.0 Å². The maximum Gasteiger partial charge on any atom is 0.274 e. The summed E-state index contributed by atoms with van der Waals surface area (Å²) in [4.78, 5) is 38.3. The number of hydrogen-bond donors (Lipinski definition) is 1. The maximum atomic E-state index is 13.1. The molecule has 1 N–H and O–H groups in total. The van der Waals surface area contributed by atoms with Crippen molar-refractivity contribution in [3.8, 4) is 0 Å². The molecule has 10 heteroatoms. The van der Waals surface area contributed by atoms with Crippen molar-refractivity contribution < 1.29 is 4.74 Å². The van der Waals surface area contributed by atoms with E-state index in [1.54, 1.807) is 10.6 Å². The Kier molecular flexibility index (Phi) is 5.96. The Balaban J connectivity index is 1.62. The monoisotopic (exact) mass is 426 g/mol. The second kappa shape index (κ2) is 8.80. The van der Waals surface area contributed by atoms with Crippen molar-refractivity contribution in [2.75, 3.05) is 6.61 Å². The van der Waals surface area contributed by atoms with Gasteiger partial charge in [-0.15, -0.1) is 0 Å². The van der Waals surface area contributed by atoms with E-state index >= 15 is 0 Å². The number of para-hydroxylation sites is 1. The van der Waals surface area contributed by atoms with E-state index in [0.29, 0.717) is 52.9 Å². The van der Waals surface area contributed by atoms with Gasteiger partial charge in [-0.2, -0.15) is 4.52 Å². The zero-order chi connectivity index (χ0) is 21.1. The van der Waals surface area contributed by atoms with Gasteiger partial charge in [-0.05, 0) is 32.4 Å². The van der Waals surface area contributed by atoms with Crippen molar-refractivity contribution in [2.45, 2.75) is 43.8 Å². The van der Waals surface area contributed by atoms with E-state index in [1.807, 2.05) is 32.0 Å². The number of thioether (sulfide) groups is 1.